The summed E-state index contributed by atoms with van der Waals surface area (Å²) in [6.07, 6.45) is 3.91. The summed E-state index contributed by atoms with van der Waals surface area (Å²) in [5, 5.41) is 7.44. The van der Waals surface area contributed by atoms with E-state index in [1.165, 1.54) is 0 Å². The highest BCUT2D eigenvalue weighted by Gasteiger charge is 2.41. The molecule has 1 heterocycles. The van der Waals surface area contributed by atoms with Gasteiger partial charge in [0.05, 0.1) is 12.3 Å². The summed E-state index contributed by atoms with van der Waals surface area (Å²) in [5.74, 6) is 1.77. The van der Waals surface area contributed by atoms with Crippen molar-refractivity contribution in [3.05, 3.63) is 11.7 Å². The van der Waals surface area contributed by atoms with E-state index in [0.717, 1.165) is 38.8 Å². The molecule has 0 radical (unpaired) electrons. The Morgan fingerprint density at radius 3 is 2.48 bits per heavy atom. The lowest BCUT2D eigenvalue weighted by molar-refractivity contribution is -0.120. The fourth-order valence-electron chi connectivity index (χ4n) is 3.12. The molecule has 25 heavy (non-hydrogen) atoms. The highest BCUT2D eigenvalue weighted by Crippen LogP contribution is 2.37. The first-order chi connectivity index (χ1) is 11.8. The number of carbonyl (C=O) groups excluding carboxylic acids is 1. The Labute approximate surface area is 155 Å². The summed E-state index contributed by atoms with van der Waals surface area (Å²) in [5.41, 5.74) is -0.458. The van der Waals surface area contributed by atoms with Crippen LogP contribution in [0.3, 0.4) is 0 Å². The fraction of sp³-hybridized carbons (Fsp3) is 0.833. The van der Waals surface area contributed by atoms with E-state index in [-0.39, 0.29) is 10.7 Å². The first kappa shape index (κ1) is 20.2. The van der Waals surface area contributed by atoms with E-state index >= 15 is 0 Å². The standard InChI is InChI=1S/C18H32N4O2S/c1-6-22(7-2)12-15-19-16(21-24-15)18(10-8-9-11-18)20-14(23)13-25-17(3,4)5/h6-13H2,1-5H3,(H,20,23). The third kappa shape index (κ3) is 5.71. The third-order valence-corrected chi connectivity index (χ3v) is 5.89. The molecule has 2 rings (SSSR count). The second-order valence-electron chi connectivity index (χ2n) is 7.71. The highest BCUT2D eigenvalue weighted by atomic mass is 32.2. The third-order valence-electron chi connectivity index (χ3n) is 4.62. The van der Waals surface area contributed by atoms with Crippen LogP contribution in [0.2, 0.25) is 0 Å². The summed E-state index contributed by atoms with van der Waals surface area (Å²) in [6.45, 7) is 13.1. The van der Waals surface area contributed by atoms with Crippen LogP contribution in [-0.4, -0.2) is 44.5 Å². The van der Waals surface area contributed by atoms with Crippen molar-refractivity contribution in [1.29, 1.82) is 0 Å². The van der Waals surface area contributed by atoms with E-state index in [1.54, 1.807) is 11.8 Å². The average Bonchev–Trinajstić information content (AvgIpc) is 3.20. The van der Waals surface area contributed by atoms with E-state index in [2.05, 4.69) is 55.0 Å². The molecule has 1 aromatic heterocycles. The maximum Gasteiger partial charge on any atom is 0.240 e. The van der Waals surface area contributed by atoms with Crippen LogP contribution in [0.15, 0.2) is 4.52 Å². The lowest BCUT2D eigenvalue weighted by atomic mass is 9.96. The molecule has 0 aliphatic heterocycles. The number of thioether (sulfide) groups is 1. The van der Waals surface area contributed by atoms with Crippen LogP contribution < -0.4 is 5.32 Å². The number of nitrogens with one attached hydrogen (secondary N) is 1. The predicted octanol–water partition coefficient (Wildman–Crippen LogP) is 3.33. The zero-order valence-electron chi connectivity index (χ0n) is 16.2. The molecule has 1 fully saturated rings. The molecule has 0 bridgehead atoms. The van der Waals surface area contributed by atoms with E-state index < -0.39 is 5.54 Å². The first-order valence-electron chi connectivity index (χ1n) is 9.28. The van der Waals surface area contributed by atoms with Crippen molar-refractivity contribution in [1.82, 2.24) is 20.4 Å². The van der Waals surface area contributed by atoms with Gasteiger partial charge in [0.2, 0.25) is 11.8 Å². The van der Waals surface area contributed by atoms with Crippen LogP contribution >= 0.6 is 11.8 Å². The molecule has 1 aliphatic rings. The molecule has 7 heteroatoms. The van der Waals surface area contributed by atoms with Gasteiger partial charge in [0.25, 0.3) is 0 Å². The normalized spacial score (nSPS) is 17.2. The van der Waals surface area contributed by atoms with E-state index in [1.807, 2.05) is 0 Å². The number of carbonyl (C=O) groups is 1. The van der Waals surface area contributed by atoms with Gasteiger partial charge in [0.15, 0.2) is 5.82 Å². The molecule has 0 unspecified atom stereocenters. The molecule has 1 saturated carbocycles. The minimum atomic E-state index is -0.458. The van der Waals surface area contributed by atoms with Crippen LogP contribution in [0.5, 0.6) is 0 Å². The lowest BCUT2D eigenvalue weighted by Gasteiger charge is -2.27. The largest absolute Gasteiger partial charge is 0.343 e. The zero-order valence-corrected chi connectivity index (χ0v) is 17.0. The SMILES string of the molecule is CCN(CC)Cc1nc(C2(NC(=O)CSC(C)(C)C)CCCC2)no1. The van der Waals surface area contributed by atoms with Gasteiger partial charge in [0.1, 0.15) is 5.54 Å². The minimum Gasteiger partial charge on any atom is -0.343 e. The van der Waals surface area contributed by atoms with E-state index in [0.29, 0.717) is 24.0 Å². The summed E-state index contributed by atoms with van der Waals surface area (Å²) in [4.78, 5) is 19.3. The van der Waals surface area contributed by atoms with Crippen LogP contribution in [0.1, 0.15) is 72.0 Å². The molecule has 1 aliphatic carbocycles. The Morgan fingerprint density at radius 1 is 1.28 bits per heavy atom. The van der Waals surface area contributed by atoms with Crippen molar-refractivity contribution in [2.75, 3.05) is 18.8 Å². The summed E-state index contributed by atoms with van der Waals surface area (Å²) in [6, 6.07) is 0. The molecule has 0 atom stereocenters. The molecule has 0 spiro atoms. The fourth-order valence-corrected chi connectivity index (χ4v) is 3.76. The molecule has 1 amide bonds. The van der Waals surface area contributed by atoms with Crippen LogP contribution in [-0.2, 0) is 16.9 Å². The van der Waals surface area contributed by atoms with Gasteiger partial charge in [-0.2, -0.15) is 4.98 Å². The molecular weight excluding hydrogens is 336 g/mol. The Bertz CT molecular complexity index is 558. The summed E-state index contributed by atoms with van der Waals surface area (Å²) >= 11 is 1.66. The van der Waals surface area contributed by atoms with Gasteiger partial charge in [0, 0.05) is 4.75 Å². The molecule has 1 N–H and O–H groups in total. The lowest BCUT2D eigenvalue weighted by Crippen LogP contribution is -2.45. The quantitative estimate of drug-likeness (QED) is 0.759. The second-order valence-corrected chi connectivity index (χ2v) is 9.51. The smallest absolute Gasteiger partial charge is 0.240 e. The van der Waals surface area contributed by atoms with Gasteiger partial charge in [-0.25, -0.2) is 0 Å². The van der Waals surface area contributed by atoms with Gasteiger partial charge >= 0.3 is 0 Å². The Kier molecular flexibility index (Phi) is 6.91. The number of rotatable bonds is 8. The van der Waals surface area contributed by atoms with Crippen LogP contribution in [0.25, 0.3) is 0 Å². The first-order valence-corrected chi connectivity index (χ1v) is 10.3. The monoisotopic (exact) mass is 368 g/mol. The predicted molar refractivity (Wildman–Crippen MR) is 101 cm³/mol. The van der Waals surface area contributed by atoms with Gasteiger partial charge in [-0.1, -0.05) is 52.6 Å². The maximum absolute atomic E-state index is 12.5. The van der Waals surface area contributed by atoms with Crippen molar-refractivity contribution >= 4 is 17.7 Å². The van der Waals surface area contributed by atoms with Gasteiger partial charge in [-0.3, -0.25) is 9.69 Å². The maximum atomic E-state index is 12.5. The molecule has 6 nitrogen and oxygen atoms in total. The minimum absolute atomic E-state index is 0.0527. The highest BCUT2D eigenvalue weighted by molar-refractivity contribution is 8.01. The molecule has 0 aromatic carbocycles. The Hall–Kier alpha value is -1.08. The average molecular weight is 369 g/mol. The van der Waals surface area contributed by atoms with Gasteiger partial charge in [-0.05, 0) is 25.9 Å². The van der Waals surface area contributed by atoms with Gasteiger partial charge < -0.3 is 9.84 Å². The second kappa shape index (κ2) is 8.54. The number of hydrogen-bond acceptors (Lipinski definition) is 6. The zero-order chi connectivity index (χ0) is 18.5. The topological polar surface area (TPSA) is 71.3 Å². The summed E-state index contributed by atoms with van der Waals surface area (Å²) < 4.78 is 5.55. The van der Waals surface area contributed by atoms with Gasteiger partial charge in [-0.15, -0.1) is 11.8 Å². The van der Waals surface area contributed by atoms with Crippen molar-refractivity contribution in [3.63, 3.8) is 0 Å². The van der Waals surface area contributed by atoms with Crippen LogP contribution in [0.4, 0.5) is 0 Å². The van der Waals surface area contributed by atoms with Crippen molar-refractivity contribution < 1.29 is 9.32 Å². The Morgan fingerprint density at radius 2 is 1.92 bits per heavy atom. The summed E-state index contributed by atoms with van der Waals surface area (Å²) in [7, 11) is 0. The number of hydrogen-bond donors (Lipinski definition) is 1. The molecule has 0 saturated heterocycles. The van der Waals surface area contributed by atoms with Crippen LogP contribution in [0, 0.1) is 0 Å². The number of nitrogens with zero attached hydrogens (tertiary/aromatic N) is 3. The van der Waals surface area contributed by atoms with Crippen molar-refractivity contribution in [2.45, 2.75) is 77.1 Å². The number of amides is 1. The molecule has 1 aromatic rings. The molecule has 142 valence electrons. The van der Waals surface area contributed by atoms with E-state index in [4.69, 9.17) is 4.52 Å². The van der Waals surface area contributed by atoms with E-state index in [9.17, 15) is 4.79 Å². The number of aromatic nitrogens is 2. The molecular formula is C18H32N4O2S. The van der Waals surface area contributed by atoms with Crippen molar-refractivity contribution in [2.24, 2.45) is 0 Å². The Balaban J connectivity index is 2.06. The van der Waals surface area contributed by atoms with Crippen molar-refractivity contribution in [3.8, 4) is 0 Å².